The van der Waals surface area contributed by atoms with Gasteiger partial charge in [-0.25, -0.2) is 15.0 Å². The molecule has 2 N–H and O–H groups in total. The molecule has 1 fully saturated rings. The average molecular weight is 401 g/mol. The van der Waals surface area contributed by atoms with Crippen LogP contribution in [0.25, 0.3) is 21.5 Å². The Morgan fingerprint density at radius 3 is 2.44 bits per heavy atom. The third kappa shape index (κ3) is 3.32. The van der Waals surface area contributed by atoms with E-state index in [1.807, 2.05) is 6.92 Å². The topological polar surface area (TPSA) is 87.8 Å². The number of hydrogen-bond donors (Lipinski definition) is 1. The molecule has 3 aromatic rings. The summed E-state index contributed by atoms with van der Waals surface area (Å²) in [4.78, 5) is 14.3. The number of aryl methyl sites for hydroxylation is 1. The van der Waals surface area contributed by atoms with Gasteiger partial charge in [-0.15, -0.1) is 0 Å². The number of nitrogens with zero attached hydrogens (tertiary/aromatic N) is 3. The van der Waals surface area contributed by atoms with Crippen LogP contribution in [0.2, 0.25) is 0 Å². The van der Waals surface area contributed by atoms with Gasteiger partial charge < -0.3 is 10.3 Å². The maximum absolute atomic E-state index is 13.0. The van der Waals surface area contributed by atoms with E-state index >= 15 is 0 Å². The largest absolute Gasteiger partial charge is 0.611 e. The highest BCUT2D eigenvalue weighted by Crippen LogP contribution is 2.45. The van der Waals surface area contributed by atoms with Crippen molar-refractivity contribution >= 4 is 38.4 Å². The van der Waals surface area contributed by atoms with Crippen LogP contribution in [0, 0.1) is 6.92 Å². The number of nitrogen functional groups attached to an aromatic ring is 1. The molecule has 1 aliphatic carbocycles. The summed E-state index contributed by atoms with van der Waals surface area (Å²) < 4.78 is 13.7. The maximum Gasteiger partial charge on any atom is 0.232 e. The van der Waals surface area contributed by atoms with E-state index in [-0.39, 0.29) is 10.7 Å². The second kappa shape index (κ2) is 6.72. The zero-order valence-electron chi connectivity index (χ0n) is 16.1. The number of rotatable bonds is 3. The van der Waals surface area contributed by atoms with Crippen molar-refractivity contribution < 1.29 is 4.55 Å². The molecule has 27 heavy (non-hydrogen) atoms. The van der Waals surface area contributed by atoms with Gasteiger partial charge in [-0.1, -0.05) is 32.1 Å². The van der Waals surface area contributed by atoms with E-state index in [4.69, 9.17) is 10.7 Å². The van der Waals surface area contributed by atoms with Crippen molar-refractivity contribution in [2.75, 3.05) is 5.73 Å². The zero-order chi connectivity index (χ0) is 19.3. The van der Waals surface area contributed by atoms with Crippen LogP contribution in [0.1, 0.15) is 51.4 Å². The molecular weight excluding hydrogens is 376 g/mol. The van der Waals surface area contributed by atoms with E-state index < -0.39 is 11.2 Å². The Morgan fingerprint density at radius 1 is 1.22 bits per heavy atom. The predicted molar refractivity (Wildman–Crippen MR) is 113 cm³/mol. The molecule has 7 heteroatoms. The summed E-state index contributed by atoms with van der Waals surface area (Å²) in [6.45, 7) is 8.35. The molecule has 0 spiro atoms. The highest BCUT2D eigenvalue weighted by molar-refractivity contribution is 7.94. The molecule has 3 heterocycles. The van der Waals surface area contributed by atoms with Crippen molar-refractivity contribution in [3.05, 3.63) is 29.8 Å². The minimum absolute atomic E-state index is 0.119. The van der Waals surface area contributed by atoms with Gasteiger partial charge in [0.1, 0.15) is 21.6 Å². The molecule has 142 valence electrons. The molecule has 4 rings (SSSR count). The van der Waals surface area contributed by atoms with Gasteiger partial charge in [-0.05, 0) is 43.2 Å². The lowest BCUT2D eigenvalue weighted by Gasteiger charge is -2.27. The molecule has 0 aliphatic heterocycles. The van der Waals surface area contributed by atoms with Gasteiger partial charge in [0.2, 0.25) is 4.21 Å². The Balaban J connectivity index is 1.92. The van der Waals surface area contributed by atoms with Gasteiger partial charge in [0.05, 0.1) is 5.69 Å². The zero-order valence-corrected chi connectivity index (χ0v) is 17.7. The monoisotopic (exact) mass is 400 g/mol. The quantitative estimate of drug-likeness (QED) is 0.649. The molecule has 0 unspecified atom stereocenters. The van der Waals surface area contributed by atoms with Crippen LogP contribution in [0.3, 0.4) is 0 Å². The van der Waals surface area contributed by atoms with Crippen molar-refractivity contribution in [2.24, 2.45) is 0 Å². The summed E-state index contributed by atoms with van der Waals surface area (Å²) in [6, 6.07) is 2.08. The summed E-state index contributed by atoms with van der Waals surface area (Å²) in [5.41, 5.74) is 9.86. The number of thiophene rings is 1. The number of hydrogen-bond acceptors (Lipinski definition) is 6. The summed E-state index contributed by atoms with van der Waals surface area (Å²) >= 11 is 0.429. The average Bonchev–Trinajstić information content (AvgIpc) is 2.89. The minimum Gasteiger partial charge on any atom is -0.611 e. The molecule has 0 aromatic carbocycles. The van der Waals surface area contributed by atoms with Crippen molar-refractivity contribution in [3.8, 4) is 11.3 Å². The van der Waals surface area contributed by atoms with Gasteiger partial charge in [0, 0.05) is 34.5 Å². The van der Waals surface area contributed by atoms with E-state index in [0.717, 1.165) is 56.3 Å². The lowest BCUT2D eigenvalue weighted by molar-refractivity contribution is 0.478. The fourth-order valence-corrected chi connectivity index (χ4v) is 6.46. The first-order chi connectivity index (χ1) is 12.8. The Hall–Kier alpha value is -1.70. The third-order valence-electron chi connectivity index (χ3n) is 5.09. The van der Waals surface area contributed by atoms with Crippen LogP contribution < -0.4 is 5.73 Å². The van der Waals surface area contributed by atoms with Crippen LogP contribution in [0.4, 0.5) is 5.69 Å². The third-order valence-corrected chi connectivity index (χ3v) is 8.39. The van der Waals surface area contributed by atoms with Gasteiger partial charge in [0.15, 0.2) is 0 Å². The molecule has 5 nitrogen and oxygen atoms in total. The Labute approximate surface area is 166 Å². The number of fused-ring (bicyclic) bond motifs is 1. The second-order valence-corrected chi connectivity index (χ2v) is 11.1. The van der Waals surface area contributed by atoms with Crippen LogP contribution in [-0.2, 0) is 16.6 Å². The molecule has 1 saturated carbocycles. The maximum atomic E-state index is 13.0. The van der Waals surface area contributed by atoms with Gasteiger partial charge in [0.25, 0.3) is 0 Å². The molecule has 0 radical (unpaired) electrons. The second-order valence-electron chi connectivity index (χ2n) is 8.16. The summed E-state index contributed by atoms with van der Waals surface area (Å²) in [7, 11) is 0. The van der Waals surface area contributed by atoms with E-state index in [1.165, 1.54) is 11.3 Å². The smallest absolute Gasteiger partial charge is 0.232 e. The van der Waals surface area contributed by atoms with Crippen LogP contribution in [-0.4, -0.2) is 24.8 Å². The number of nitrogens with two attached hydrogens (primary N) is 1. The van der Waals surface area contributed by atoms with E-state index in [2.05, 4.69) is 36.8 Å². The van der Waals surface area contributed by atoms with Crippen molar-refractivity contribution in [3.63, 3.8) is 0 Å². The fourth-order valence-electron chi connectivity index (χ4n) is 3.25. The standard InChI is InChI=1S/C20H24N4OS2/c1-11-22-9-12(10-23-11)15-8-14(20(2,3)4)16-17(21)19(26-18(16)24-15)27(25)13-6-5-7-13/h8-10,13H,5-7,21H2,1-4H3/t27-/m1/s1. The van der Waals surface area contributed by atoms with Crippen molar-refractivity contribution in [1.29, 1.82) is 0 Å². The lowest BCUT2D eigenvalue weighted by atomic mass is 9.84. The van der Waals surface area contributed by atoms with Gasteiger partial charge in [-0.2, -0.15) is 0 Å². The normalized spacial score (nSPS) is 16.5. The molecule has 0 bridgehead atoms. The number of anilines is 1. The highest BCUT2D eigenvalue weighted by atomic mass is 32.2. The fraction of sp³-hybridized carbons (Fsp3) is 0.450. The summed E-state index contributed by atoms with van der Waals surface area (Å²) in [5, 5.41) is 1.19. The Bertz CT molecular complexity index is 988. The Morgan fingerprint density at radius 2 is 1.89 bits per heavy atom. The number of pyridine rings is 1. The van der Waals surface area contributed by atoms with Gasteiger partial charge >= 0.3 is 0 Å². The summed E-state index contributed by atoms with van der Waals surface area (Å²) in [5.74, 6) is 0.731. The van der Waals surface area contributed by atoms with Crippen molar-refractivity contribution in [1.82, 2.24) is 15.0 Å². The van der Waals surface area contributed by atoms with Crippen LogP contribution in [0.15, 0.2) is 22.7 Å². The van der Waals surface area contributed by atoms with E-state index in [9.17, 15) is 4.55 Å². The SMILES string of the molecule is Cc1ncc(-c2cc(C(C)(C)C)c3c(N)c([S@+]([O-])C4CCC4)sc3n2)cn1. The molecule has 3 aromatic heterocycles. The molecule has 0 saturated heterocycles. The van der Waals surface area contributed by atoms with E-state index in [0.29, 0.717) is 5.69 Å². The van der Waals surface area contributed by atoms with Crippen LogP contribution >= 0.6 is 11.3 Å². The molecule has 0 amide bonds. The number of aromatic nitrogens is 3. The van der Waals surface area contributed by atoms with Gasteiger partial charge in [-0.3, -0.25) is 0 Å². The summed E-state index contributed by atoms with van der Waals surface area (Å²) in [6.07, 6.45) is 6.79. The first-order valence-electron chi connectivity index (χ1n) is 9.19. The first kappa shape index (κ1) is 18.7. The predicted octanol–water partition coefficient (Wildman–Crippen LogP) is 4.60. The van der Waals surface area contributed by atoms with E-state index in [1.54, 1.807) is 12.4 Å². The molecule has 1 atom stereocenters. The Kier molecular flexibility index (Phi) is 4.64. The lowest BCUT2D eigenvalue weighted by Crippen LogP contribution is -2.28. The molecular formula is C20H24N4OS2. The van der Waals surface area contributed by atoms with Crippen molar-refractivity contribution in [2.45, 2.75) is 61.8 Å². The first-order valence-corrected chi connectivity index (χ1v) is 11.2. The highest BCUT2D eigenvalue weighted by Gasteiger charge is 2.35. The minimum atomic E-state index is -1.05. The molecule has 1 aliphatic rings. The van der Waals surface area contributed by atoms with Crippen LogP contribution in [0.5, 0.6) is 0 Å².